The normalized spacial score (nSPS) is 11.2. The largest absolute Gasteiger partial charge is 0.392 e. The molecule has 0 amide bonds. The molecule has 0 unspecified atom stereocenters. The summed E-state index contributed by atoms with van der Waals surface area (Å²) in [6.45, 7) is 4.99. The highest BCUT2D eigenvalue weighted by atomic mass is 16.3. The van der Waals surface area contributed by atoms with E-state index >= 15 is 0 Å². The minimum Gasteiger partial charge on any atom is -0.392 e. The van der Waals surface area contributed by atoms with Crippen molar-refractivity contribution < 1.29 is 5.11 Å². The van der Waals surface area contributed by atoms with Crippen molar-refractivity contribution in [2.45, 2.75) is 46.3 Å². The van der Waals surface area contributed by atoms with Gasteiger partial charge in [-0.25, -0.2) is 0 Å². The Morgan fingerprint density at radius 3 is 2.43 bits per heavy atom. The highest BCUT2D eigenvalue weighted by molar-refractivity contribution is 5.82. The smallest absolute Gasteiger partial charge is 0.205 e. The molecular weight excluding hydrogens is 376 g/mol. The van der Waals surface area contributed by atoms with E-state index in [0.717, 1.165) is 53.0 Å². The molecule has 0 radical (unpaired) electrons. The first-order valence-corrected chi connectivity index (χ1v) is 10.3. The minimum atomic E-state index is -0.00505. The maximum Gasteiger partial charge on any atom is 0.205 e. The number of aliphatic hydroxyl groups is 1. The van der Waals surface area contributed by atoms with Crippen LogP contribution in [0.3, 0.4) is 0 Å². The van der Waals surface area contributed by atoms with Crippen LogP contribution in [-0.4, -0.2) is 35.5 Å². The van der Waals surface area contributed by atoms with Gasteiger partial charge in [0.15, 0.2) is 0 Å². The number of unbranched alkanes of at least 4 members (excludes halogenated alkanes) is 1. The van der Waals surface area contributed by atoms with Gasteiger partial charge in [-0.2, -0.15) is 10.3 Å². The number of rotatable bonds is 8. The minimum absolute atomic E-state index is 0.00505. The zero-order chi connectivity index (χ0) is 20.9. The number of benzene rings is 2. The lowest BCUT2D eigenvalue weighted by molar-refractivity contribution is 0.279. The molecule has 0 saturated carbocycles. The zero-order valence-corrected chi connectivity index (χ0v) is 17.3. The van der Waals surface area contributed by atoms with Crippen LogP contribution >= 0.6 is 0 Å². The maximum atomic E-state index is 9.99. The molecule has 30 heavy (non-hydrogen) atoms. The van der Waals surface area contributed by atoms with E-state index in [-0.39, 0.29) is 6.61 Å². The van der Waals surface area contributed by atoms with E-state index in [1.807, 2.05) is 37.3 Å². The Labute approximate surface area is 175 Å². The SMILES string of the molecule is CCCCn1nc(C)c(CO)c1Cc1ccccc1-c1ccccc1-c1nn[nH]n1. The number of aryl methyl sites for hydroxylation is 2. The third-order valence-corrected chi connectivity index (χ3v) is 5.43. The van der Waals surface area contributed by atoms with Crippen molar-refractivity contribution in [1.82, 2.24) is 30.4 Å². The maximum absolute atomic E-state index is 9.99. The Morgan fingerprint density at radius 1 is 1.00 bits per heavy atom. The Balaban J connectivity index is 1.79. The number of hydrogen-bond acceptors (Lipinski definition) is 5. The van der Waals surface area contributed by atoms with E-state index < -0.39 is 0 Å². The van der Waals surface area contributed by atoms with Crippen LogP contribution in [0.15, 0.2) is 48.5 Å². The van der Waals surface area contributed by atoms with Crippen molar-refractivity contribution in [3.8, 4) is 22.5 Å². The van der Waals surface area contributed by atoms with E-state index in [0.29, 0.717) is 12.2 Å². The number of aliphatic hydroxyl groups excluding tert-OH is 1. The summed E-state index contributed by atoms with van der Waals surface area (Å²) in [6.07, 6.45) is 2.85. The number of aromatic nitrogens is 6. The summed E-state index contributed by atoms with van der Waals surface area (Å²) < 4.78 is 2.06. The molecule has 2 N–H and O–H groups in total. The van der Waals surface area contributed by atoms with Gasteiger partial charge in [-0.05, 0) is 35.2 Å². The number of hydrogen-bond donors (Lipinski definition) is 2. The molecule has 154 valence electrons. The summed E-state index contributed by atoms with van der Waals surface area (Å²) >= 11 is 0. The lowest BCUT2D eigenvalue weighted by atomic mass is 9.92. The van der Waals surface area contributed by atoms with Crippen LogP contribution < -0.4 is 0 Å². The first-order chi connectivity index (χ1) is 14.7. The van der Waals surface area contributed by atoms with Crippen molar-refractivity contribution in [3.63, 3.8) is 0 Å². The van der Waals surface area contributed by atoms with E-state index in [4.69, 9.17) is 5.10 Å². The first kappa shape index (κ1) is 20.0. The summed E-state index contributed by atoms with van der Waals surface area (Å²) in [4.78, 5) is 0. The standard InChI is InChI=1S/C23H26N6O/c1-3-4-13-29-22(21(15-30)16(2)26-29)14-17-9-5-6-10-18(17)19-11-7-8-12-20(19)23-24-27-28-25-23/h5-12,30H,3-4,13-15H2,1-2H3,(H,24,25,27,28). The van der Waals surface area contributed by atoms with Gasteiger partial charge in [0.2, 0.25) is 5.82 Å². The van der Waals surface area contributed by atoms with Gasteiger partial charge in [-0.1, -0.05) is 61.9 Å². The average Bonchev–Trinajstić information content (AvgIpc) is 3.41. The topological polar surface area (TPSA) is 92.5 Å². The van der Waals surface area contributed by atoms with Gasteiger partial charge < -0.3 is 5.11 Å². The molecule has 0 bridgehead atoms. The van der Waals surface area contributed by atoms with Crippen molar-refractivity contribution >= 4 is 0 Å². The summed E-state index contributed by atoms with van der Waals surface area (Å²) in [5.41, 5.74) is 7.16. The van der Waals surface area contributed by atoms with Crippen molar-refractivity contribution in [1.29, 1.82) is 0 Å². The molecule has 0 atom stereocenters. The average molecular weight is 403 g/mol. The molecule has 2 aromatic heterocycles. The van der Waals surface area contributed by atoms with Gasteiger partial charge in [0.05, 0.1) is 12.3 Å². The molecule has 7 nitrogen and oxygen atoms in total. The van der Waals surface area contributed by atoms with Crippen LogP contribution in [0.4, 0.5) is 0 Å². The van der Waals surface area contributed by atoms with E-state index in [1.54, 1.807) is 0 Å². The molecule has 0 aliphatic heterocycles. The molecule has 7 heteroatoms. The molecule has 0 fully saturated rings. The van der Waals surface area contributed by atoms with E-state index in [2.05, 4.69) is 50.4 Å². The Bertz CT molecular complexity index is 1120. The number of H-pyrrole nitrogens is 1. The molecular formula is C23H26N6O. The fourth-order valence-corrected chi connectivity index (χ4v) is 3.87. The first-order valence-electron chi connectivity index (χ1n) is 10.3. The van der Waals surface area contributed by atoms with Crippen LogP contribution in [0.5, 0.6) is 0 Å². The molecule has 2 aromatic carbocycles. The highest BCUT2D eigenvalue weighted by Gasteiger charge is 2.18. The van der Waals surface area contributed by atoms with Crippen LogP contribution in [0, 0.1) is 6.92 Å². The molecule has 0 aliphatic carbocycles. The summed E-state index contributed by atoms with van der Waals surface area (Å²) in [5, 5.41) is 29.3. The molecule has 4 rings (SSSR count). The number of aromatic amines is 1. The second-order valence-electron chi connectivity index (χ2n) is 7.36. The predicted molar refractivity (Wildman–Crippen MR) is 116 cm³/mol. The molecule has 2 heterocycles. The molecule has 4 aromatic rings. The number of nitrogens with zero attached hydrogens (tertiary/aromatic N) is 5. The Morgan fingerprint density at radius 2 is 1.73 bits per heavy atom. The van der Waals surface area contributed by atoms with Gasteiger partial charge in [-0.3, -0.25) is 4.68 Å². The molecule has 0 saturated heterocycles. The summed E-state index contributed by atoms with van der Waals surface area (Å²) in [6, 6.07) is 16.4. The molecule has 0 spiro atoms. The van der Waals surface area contributed by atoms with Crippen LogP contribution in [0.2, 0.25) is 0 Å². The molecule has 0 aliphatic rings. The predicted octanol–water partition coefficient (Wildman–Crippen LogP) is 3.92. The summed E-state index contributed by atoms with van der Waals surface area (Å²) in [5.74, 6) is 0.570. The van der Waals surface area contributed by atoms with Gasteiger partial charge >= 0.3 is 0 Å². The monoisotopic (exact) mass is 402 g/mol. The third kappa shape index (κ3) is 3.89. The second kappa shape index (κ2) is 9.00. The zero-order valence-electron chi connectivity index (χ0n) is 17.3. The van der Waals surface area contributed by atoms with Crippen molar-refractivity contribution in [2.75, 3.05) is 0 Å². The number of tetrazole rings is 1. The van der Waals surface area contributed by atoms with Crippen LogP contribution in [-0.2, 0) is 19.6 Å². The highest BCUT2D eigenvalue weighted by Crippen LogP contribution is 2.33. The lowest BCUT2D eigenvalue weighted by Gasteiger charge is -2.14. The lowest BCUT2D eigenvalue weighted by Crippen LogP contribution is -2.08. The van der Waals surface area contributed by atoms with Gasteiger partial charge in [0.25, 0.3) is 0 Å². The second-order valence-corrected chi connectivity index (χ2v) is 7.36. The van der Waals surface area contributed by atoms with Crippen LogP contribution in [0.25, 0.3) is 22.5 Å². The quantitative estimate of drug-likeness (QED) is 0.466. The number of nitrogens with one attached hydrogen (secondary N) is 1. The Hall–Kier alpha value is -3.32. The Kier molecular flexibility index (Phi) is 5.99. The summed E-state index contributed by atoms with van der Waals surface area (Å²) in [7, 11) is 0. The van der Waals surface area contributed by atoms with Gasteiger partial charge in [0, 0.05) is 29.8 Å². The van der Waals surface area contributed by atoms with Crippen LogP contribution in [0.1, 0.15) is 42.3 Å². The van der Waals surface area contributed by atoms with E-state index in [1.165, 1.54) is 5.56 Å². The third-order valence-electron chi connectivity index (χ3n) is 5.43. The van der Waals surface area contributed by atoms with Crippen molar-refractivity contribution in [3.05, 3.63) is 71.0 Å². The van der Waals surface area contributed by atoms with Gasteiger partial charge in [0.1, 0.15) is 0 Å². The fourth-order valence-electron chi connectivity index (χ4n) is 3.87. The fraction of sp³-hybridized carbons (Fsp3) is 0.304. The van der Waals surface area contributed by atoms with Gasteiger partial charge in [-0.15, -0.1) is 10.2 Å². The van der Waals surface area contributed by atoms with E-state index in [9.17, 15) is 5.11 Å². The van der Waals surface area contributed by atoms with Crippen molar-refractivity contribution in [2.24, 2.45) is 0 Å².